The van der Waals surface area contributed by atoms with E-state index >= 15 is 0 Å². The number of nitrogens with zero attached hydrogens (tertiary/aromatic N) is 2. The summed E-state index contributed by atoms with van der Waals surface area (Å²) in [6, 6.07) is 4.22. The molecule has 0 aliphatic heterocycles. The van der Waals surface area contributed by atoms with Gasteiger partial charge < -0.3 is 15.2 Å². The van der Waals surface area contributed by atoms with Crippen molar-refractivity contribution in [1.29, 1.82) is 0 Å². The lowest BCUT2D eigenvalue weighted by Crippen LogP contribution is -2.37. The quantitative estimate of drug-likeness (QED) is 0.655. The second kappa shape index (κ2) is 7.09. The summed E-state index contributed by atoms with van der Waals surface area (Å²) in [7, 11) is 1.77. The number of thiophene rings is 1. The maximum atomic E-state index is 5.14. The van der Waals surface area contributed by atoms with Crippen LogP contribution in [0.2, 0.25) is 0 Å². The molecule has 0 bridgehead atoms. The summed E-state index contributed by atoms with van der Waals surface area (Å²) in [6.45, 7) is 5.39. The van der Waals surface area contributed by atoms with Gasteiger partial charge in [0.15, 0.2) is 5.96 Å². The van der Waals surface area contributed by atoms with Crippen LogP contribution in [0.5, 0.6) is 0 Å². The molecule has 0 aromatic carbocycles. The fourth-order valence-corrected chi connectivity index (χ4v) is 2.61. The first kappa shape index (κ1) is 14.6. The van der Waals surface area contributed by atoms with Gasteiger partial charge in [-0.3, -0.25) is 4.99 Å². The van der Waals surface area contributed by atoms with Crippen molar-refractivity contribution < 1.29 is 4.52 Å². The molecule has 0 aliphatic rings. The summed E-state index contributed by atoms with van der Waals surface area (Å²) < 4.78 is 5.14. The first-order valence-electron chi connectivity index (χ1n) is 6.59. The number of guanidine groups is 1. The fraction of sp³-hybridized carbons (Fsp3) is 0.429. The Hall–Kier alpha value is -1.82. The van der Waals surface area contributed by atoms with Crippen LogP contribution in [-0.4, -0.2) is 24.7 Å². The second-order valence-corrected chi connectivity index (χ2v) is 5.52. The van der Waals surface area contributed by atoms with Crippen molar-refractivity contribution in [3.63, 3.8) is 0 Å². The third-order valence-corrected chi connectivity index (χ3v) is 4.02. The minimum Gasteiger partial charge on any atom is -0.361 e. The third kappa shape index (κ3) is 3.84. The molecule has 2 heterocycles. The van der Waals surface area contributed by atoms with Gasteiger partial charge in [0.2, 0.25) is 0 Å². The highest BCUT2D eigenvalue weighted by molar-refractivity contribution is 7.09. The van der Waals surface area contributed by atoms with E-state index in [1.165, 1.54) is 4.88 Å². The number of hydrogen-bond acceptors (Lipinski definition) is 4. The first-order valence-corrected chi connectivity index (χ1v) is 7.47. The predicted octanol–water partition coefficient (Wildman–Crippen LogP) is 2.26. The molecule has 0 spiro atoms. The molecule has 0 saturated heterocycles. The van der Waals surface area contributed by atoms with E-state index in [4.69, 9.17) is 4.52 Å². The van der Waals surface area contributed by atoms with Gasteiger partial charge in [-0.1, -0.05) is 11.2 Å². The Morgan fingerprint density at radius 1 is 1.40 bits per heavy atom. The van der Waals surface area contributed by atoms with E-state index in [-0.39, 0.29) is 0 Å². The van der Waals surface area contributed by atoms with Gasteiger partial charge in [0.1, 0.15) is 5.76 Å². The van der Waals surface area contributed by atoms with Gasteiger partial charge in [-0.15, -0.1) is 11.3 Å². The zero-order valence-electron chi connectivity index (χ0n) is 12.1. The maximum Gasteiger partial charge on any atom is 0.191 e. The minimum absolute atomic E-state index is 0.667. The van der Waals surface area contributed by atoms with Crippen molar-refractivity contribution in [3.8, 4) is 0 Å². The molecule has 6 heteroatoms. The van der Waals surface area contributed by atoms with E-state index in [1.54, 1.807) is 18.4 Å². The van der Waals surface area contributed by atoms with Crippen molar-refractivity contribution in [2.45, 2.75) is 26.8 Å². The highest BCUT2D eigenvalue weighted by Crippen LogP contribution is 2.11. The molecule has 2 rings (SSSR count). The van der Waals surface area contributed by atoms with Crippen molar-refractivity contribution in [3.05, 3.63) is 39.4 Å². The van der Waals surface area contributed by atoms with Crippen LogP contribution in [0, 0.1) is 13.8 Å². The second-order valence-electron chi connectivity index (χ2n) is 4.48. The Kier molecular flexibility index (Phi) is 5.17. The van der Waals surface area contributed by atoms with Crippen LogP contribution in [-0.2, 0) is 13.0 Å². The number of aromatic nitrogens is 1. The molecule has 0 aliphatic carbocycles. The van der Waals surface area contributed by atoms with Crippen LogP contribution in [0.1, 0.15) is 21.9 Å². The Morgan fingerprint density at radius 3 is 2.85 bits per heavy atom. The fourth-order valence-electron chi connectivity index (χ4n) is 1.91. The summed E-state index contributed by atoms with van der Waals surface area (Å²) in [5.74, 6) is 1.64. The van der Waals surface area contributed by atoms with Crippen LogP contribution in [0.15, 0.2) is 27.0 Å². The van der Waals surface area contributed by atoms with Crippen LogP contribution in [0.4, 0.5) is 0 Å². The number of hydrogen-bond donors (Lipinski definition) is 2. The van der Waals surface area contributed by atoms with Crippen molar-refractivity contribution in [2.75, 3.05) is 13.6 Å². The Balaban J connectivity index is 1.78. The largest absolute Gasteiger partial charge is 0.361 e. The molecule has 0 unspecified atom stereocenters. The SMILES string of the molecule is CN=C(NCCc1cccs1)NCc1c(C)noc1C. The van der Waals surface area contributed by atoms with E-state index in [2.05, 4.69) is 38.3 Å². The molecule has 0 saturated carbocycles. The average molecular weight is 292 g/mol. The molecule has 2 aromatic rings. The Labute approximate surface area is 123 Å². The first-order chi connectivity index (χ1) is 9.70. The smallest absolute Gasteiger partial charge is 0.191 e. The minimum atomic E-state index is 0.667. The molecule has 5 nitrogen and oxygen atoms in total. The van der Waals surface area contributed by atoms with E-state index < -0.39 is 0 Å². The summed E-state index contributed by atoms with van der Waals surface area (Å²) in [4.78, 5) is 5.59. The number of aliphatic imine (C=N–C) groups is 1. The molecule has 0 atom stereocenters. The highest BCUT2D eigenvalue weighted by atomic mass is 32.1. The van der Waals surface area contributed by atoms with Crippen molar-refractivity contribution in [1.82, 2.24) is 15.8 Å². The van der Waals surface area contributed by atoms with Crippen LogP contribution < -0.4 is 10.6 Å². The lowest BCUT2D eigenvalue weighted by atomic mass is 10.2. The van der Waals surface area contributed by atoms with Gasteiger partial charge in [0, 0.05) is 30.6 Å². The normalized spacial score (nSPS) is 11.7. The Morgan fingerprint density at radius 2 is 2.25 bits per heavy atom. The molecular formula is C14H20N4OS. The summed E-state index contributed by atoms with van der Waals surface area (Å²) in [5, 5.41) is 12.6. The molecule has 2 aromatic heterocycles. The average Bonchev–Trinajstić information content (AvgIpc) is 3.06. The number of aryl methyl sites for hydroxylation is 2. The lowest BCUT2D eigenvalue weighted by molar-refractivity contribution is 0.392. The monoisotopic (exact) mass is 292 g/mol. The van der Waals surface area contributed by atoms with E-state index in [0.717, 1.165) is 35.9 Å². The van der Waals surface area contributed by atoms with Crippen molar-refractivity contribution in [2.24, 2.45) is 4.99 Å². The summed E-state index contributed by atoms with van der Waals surface area (Å²) >= 11 is 1.78. The predicted molar refractivity (Wildman–Crippen MR) is 82.2 cm³/mol. The molecule has 108 valence electrons. The molecule has 0 radical (unpaired) electrons. The van der Waals surface area contributed by atoms with E-state index in [0.29, 0.717) is 6.54 Å². The van der Waals surface area contributed by atoms with Crippen molar-refractivity contribution >= 4 is 17.3 Å². The van der Waals surface area contributed by atoms with Gasteiger partial charge in [0.25, 0.3) is 0 Å². The van der Waals surface area contributed by atoms with Gasteiger partial charge in [0.05, 0.1) is 5.69 Å². The Bertz CT molecular complexity index is 540. The van der Waals surface area contributed by atoms with Gasteiger partial charge in [-0.25, -0.2) is 0 Å². The maximum absolute atomic E-state index is 5.14. The topological polar surface area (TPSA) is 62.5 Å². The zero-order chi connectivity index (χ0) is 14.4. The van der Waals surface area contributed by atoms with Crippen LogP contribution >= 0.6 is 11.3 Å². The standard InChI is InChI=1S/C14H20N4OS/c1-10-13(11(2)19-18-10)9-17-14(15-3)16-7-6-12-5-4-8-20-12/h4-5,8H,6-7,9H2,1-3H3,(H2,15,16,17). The van der Waals surface area contributed by atoms with Gasteiger partial charge in [-0.2, -0.15) is 0 Å². The molecule has 20 heavy (non-hydrogen) atoms. The third-order valence-electron chi connectivity index (χ3n) is 3.08. The van der Waals surface area contributed by atoms with E-state index in [1.807, 2.05) is 13.8 Å². The summed E-state index contributed by atoms with van der Waals surface area (Å²) in [5.41, 5.74) is 2.01. The van der Waals surface area contributed by atoms with Gasteiger partial charge >= 0.3 is 0 Å². The highest BCUT2D eigenvalue weighted by Gasteiger charge is 2.09. The van der Waals surface area contributed by atoms with Gasteiger partial charge in [-0.05, 0) is 31.7 Å². The molecular weight excluding hydrogens is 272 g/mol. The molecule has 0 amide bonds. The lowest BCUT2D eigenvalue weighted by Gasteiger charge is -2.11. The summed E-state index contributed by atoms with van der Waals surface area (Å²) in [6.07, 6.45) is 1.00. The number of nitrogens with one attached hydrogen (secondary N) is 2. The van der Waals surface area contributed by atoms with Crippen LogP contribution in [0.3, 0.4) is 0 Å². The number of rotatable bonds is 5. The zero-order valence-corrected chi connectivity index (χ0v) is 12.9. The molecule has 2 N–H and O–H groups in total. The molecule has 0 fully saturated rings. The van der Waals surface area contributed by atoms with E-state index in [9.17, 15) is 0 Å². The van der Waals surface area contributed by atoms with Crippen LogP contribution in [0.25, 0.3) is 0 Å².